The predicted molar refractivity (Wildman–Crippen MR) is 131 cm³/mol. The van der Waals surface area contributed by atoms with E-state index in [1.165, 1.54) is 36.4 Å². The van der Waals surface area contributed by atoms with Crippen molar-refractivity contribution in [3.63, 3.8) is 0 Å². The number of amides is 1. The molecule has 8 heteroatoms. The number of halogens is 1. The monoisotopic (exact) mass is 503 g/mol. The van der Waals surface area contributed by atoms with E-state index in [1.54, 1.807) is 12.1 Å². The number of esters is 1. The third-order valence-corrected chi connectivity index (χ3v) is 8.73. The second-order valence-corrected chi connectivity index (χ2v) is 11.4. The molecule has 4 rings (SSSR count). The van der Waals surface area contributed by atoms with E-state index < -0.39 is 15.9 Å². The van der Waals surface area contributed by atoms with E-state index >= 15 is 0 Å². The van der Waals surface area contributed by atoms with Gasteiger partial charge in [-0.25, -0.2) is 12.7 Å². The first-order valence-electron chi connectivity index (χ1n) is 12.0. The number of sulfonamides is 1. The largest absolute Gasteiger partial charge is 0.426 e. The zero-order valence-electron chi connectivity index (χ0n) is 19.1. The van der Waals surface area contributed by atoms with Gasteiger partial charge in [0.15, 0.2) is 0 Å². The van der Waals surface area contributed by atoms with Gasteiger partial charge in [0.05, 0.1) is 16.5 Å². The van der Waals surface area contributed by atoms with Crippen molar-refractivity contribution in [3.8, 4) is 5.75 Å². The molecule has 1 amide bonds. The van der Waals surface area contributed by atoms with Crippen LogP contribution in [0.1, 0.15) is 64.2 Å². The molecule has 0 saturated heterocycles. The fraction of sp³-hybridized carbons (Fsp3) is 0.462. The molecule has 2 saturated carbocycles. The van der Waals surface area contributed by atoms with Crippen molar-refractivity contribution < 1.29 is 22.7 Å². The minimum absolute atomic E-state index is 0.00568. The summed E-state index contributed by atoms with van der Waals surface area (Å²) >= 11 is 5.94. The second kappa shape index (κ2) is 10.9. The molecule has 0 bridgehead atoms. The van der Waals surface area contributed by atoms with Crippen LogP contribution in [0.2, 0.25) is 5.02 Å². The Kier molecular flexibility index (Phi) is 7.94. The number of rotatable bonds is 6. The van der Waals surface area contributed by atoms with Crippen molar-refractivity contribution in [3.05, 3.63) is 53.6 Å². The zero-order chi connectivity index (χ0) is 24.1. The Morgan fingerprint density at radius 3 is 1.85 bits per heavy atom. The topological polar surface area (TPSA) is 80.8 Å². The first kappa shape index (κ1) is 24.7. The second-order valence-electron chi connectivity index (χ2n) is 9.15. The van der Waals surface area contributed by atoms with Gasteiger partial charge >= 0.3 is 5.97 Å². The molecule has 2 aromatic carbocycles. The molecule has 182 valence electrons. The van der Waals surface area contributed by atoms with Crippen molar-refractivity contribution in [1.29, 1.82) is 0 Å². The molecule has 2 fully saturated rings. The van der Waals surface area contributed by atoms with E-state index in [2.05, 4.69) is 0 Å². The van der Waals surface area contributed by atoms with Crippen LogP contribution in [-0.2, 0) is 19.6 Å². The van der Waals surface area contributed by atoms with Gasteiger partial charge in [-0.05, 0) is 74.2 Å². The number of carbonyl (C=O) groups excluding carboxylic acids is 2. The number of hydrogen-bond donors (Lipinski definition) is 0. The van der Waals surface area contributed by atoms with Gasteiger partial charge < -0.3 is 4.74 Å². The van der Waals surface area contributed by atoms with E-state index in [1.807, 2.05) is 0 Å². The summed E-state index contributed by atoms with van der Waals surface area (Å²) < 4.78 is 33.6. The van der Waals surface area contributed by atoms with Gasteiger partial charge in [-0.1, -0.05) is 50.1 Å². The van der Waals surface area contributed by atoms with Crippen LogP contribution in [0.25, 0.3) is 0 Å². The van der Waals surface area contributed by atoms with E-state index in [-0.39, 0.29) is 28.4 Å². The highest BCUT2D eigenvalue weighted by Gasteiger charge is 2.36. The zero-order valence-corrected chi connectivity index (χ0v) is 20.7. The Hall–Kier alpha value is -2.38. The lowest BCUT2D eigenvalue weighted by atomic mass is 9.88. The molecule has 0 aliphatic heterocycles. The first-order chi connectivity index (χ1) is 16.4. The smallest absolute Gasteiger partial charge is 0.314 e. The maximum Gasteiger partial charge on any atom is 0.314 e. The van der Waals surface area contributed by atoms with Crippen LogP contribution in [0, 0.1) is 11.8 Å². The molecule has 0 aromatic heterocycles. The van der Waals surface area contributed by atoms with Crippen molar-refractivity contribution >= 4 is 39.2 Å². The highest BCUT2D eigenvalue weighted by molar-refractivity contribution is 7.93. The number of benzene rings is 2. The predicted octanol–water partition coefficient (Wildman–Crippen LogP) is 6.13. The Balaban J connectivity index is 1.61. The van der Waals surface area contributed by atoms with Crippen LogP contribution in [0.4, 0.5) is 5.69 Å². The summed E-state index contributed by atoms with van der Waals surface area (Å²) in [7, 11) is -4.16. The maximum absolute atomic E-state index is 13.6. The lowest BCUT2D eigenvalue weighted by molar-refractivity contribution is -0.140. The summed E-state index contributed by atoms with van der Waals surface area (Å²) in [6.45, 7) is 0. The fourth-order valence-corrected chi connectivity index (χ4v) is 6.40. The van der Waals surface area contributed by atoms with Gasteiger partial charge in [-0.2, -0.15) is 0 Å². The molecule has 2 aliphatic carbocycles. The number of hydrogen-bond acceptors (Lipinski definition) is 5. The van der Waals surface area contributed by atoms with Crippen LogP contribution in [0.3, 0.4) is 0 Å². The molecular formula is C26H30ClNO5S. The Morgan fingerprint density at radius 2 is 1.29 bits per heavy atom. The highest BCUT2D eigenvalue weighted by Crippen LogP contribution is 2.33. The van der Waals surface area contributed by atoms with Gasteiger partial charge in [0, 0.05) is 10.9 Å². The number of anilines is 1. The van der Waals surface area contributed by atoms with Gasteiger partial charge in [0.1, 0.15) is 5.75 Å². The van der Waals surface area contributed by atoms with Crippen LogP contribution >= 0.6 is 11.6 Å². The van der Waals surface area contributed by atoms with Crippen molar-refractivity contribution in [1.82, 2.24) is 0 Å². The SMILES string of the molecule is O=C(Oc1ccc(N(C(=O)C2CCCCC2)S(=O)(=O)c2ccc(Cl)cc2)cc1)C1CCCCC1. The average molecular weight is 504 g/mol. The first-order valence-corrected chi connectivity index (χ1v) is 13.8. The lowest BCUT2D eigenvalue weighted by Gasteiger charge is -2.29. The molecule has 0 unspecified atom stereocenters. The van der Waals surface area contributed by atoms with E-state index in [9.17, 15) is 18.0 Å². The summed E-state index contributed by atoms with van der Waals surface area (Å²) in [6.07, 6.45) is 9.06. The summed E-state index contributed by atoms with van der Waals surface area (Å²) in [4.78, 5) is 26.0. The Labute approximate surface area is 206 Å². The van der Waals surface area contributed by atoms with Gasteiger partial charge in [-0.3, -0.25) is 9.59 Å². The molecule has 6 nitrogen and oxygen atoms in total. The van der Waals surface area contributed by atoms with Crippen molar-refractivity contribution in [2.45, 2.75) is 69.1 Å². The summed E-state index contributed by atoms with van der Waals surface area (Å²) in [6, 6.07) is 11.9. The molecule has 34 heavy (non-hydrogen) atoms. The van der Waals surface area contributed by atoms with E-state index in [0.717, 1.165) is 55.7 Å². The van der Waals surface area contributed by atoms with Crippen molar-refractivity contribution in [2.75, 3.05) is 4.31 Å². The minimum Gasteiger partial charge on any atom is -0.426 e. The van der Waals surface area contributed by atoms with Gasteiger partial charge in [0.2, 0.25) is 5.91 Å². The molecule has 0 N–H and O–H groups in total. The maximum atomic E-state index is 13.6. The van der Waals surface area contributed by atoms with Crippen LogP contribution in [0.15, 0.2) is 53.4 Å². The quantitative estimate of drug-likeness (QED) is 0.350. The summed E-state index contributed by atoms with van der Waals surface area (Å²) in [5.41, 5.74) is 0.225. The summed E-state index contributed by atoms with van der Waals surface area (Å²) in [5, 5.41) is 0.410. The average Bonchev–Trinajstić information content (AvgIpc) is 2.86. The third-order valence-electron chi connectivity index (χ3n) is 6.73. The normalized spacial score (nSPS) is 17.8. The number of nitrogens with zero attached hydrogens (tertiary/aromatic N) is 1. The van der Waals surface area contributed by atoms with E-state index in [0.29, 0.717) is 23.6 Å². The minimum atomic E-state index is -4.16. The van der Waals surface area contributed by atoms with Crippen LogP contribution in [0.5, 0.6) is 5.75 Å². The van der Waals surface area contributed by atoms with Crippen LogP contribution < -0.4 is 9.04 Å². The van der Waals surface area contributed by atoms with E-state index in [4.69, 9.17) is 16.3 Å². The van der Waals surface area contributed by atoms with Gasteiger partial charge in [0.25, 0.3) is 10.0 Å². The lowest BCUT2D eigenvalue weighted by Crippen LogP contribution is -2.41. The Morgan fingerprint density at radius 1 is 0.765 bits per heavy atom. The molecular weight excluding hydrogens is 474 g/mol. The summed E-state index contributed by atoms with van der Waals surface area (Å²) in [5.74, 6) is -0.783. The number of ether oxygens (including phenoxy) is 1. The molecule has 2 aromatic rings. The highest BCUT2D eigenvalue weighted by atomic mass is 35.5. The van der Waals surface area contributed by atoms with Crippen LogP contribution in [-0.4, -0.2) is 20.3 Å². The molecule has 0 atom stereocenters. The third kappa shape index (κ3) is 5.63. The number of carbonyl (C=O) groups is 2. The molecule has 0 spiro atoms. The fourth-order valence-electron chi connectivity index (χ4n) is 4.80. The van der Waals surface area contributed by atoms with Crippen molar-refractivity contribution in [2.24, 2.45) is 11.8 Å². The van der Waals surface area contributed by atoms with Gasteiger partial charge in [-0.15, -0.1) is 0 Å². The standard InChI is InChI=1S/C26H30ClNO5S/c27-21-11-17-24(18-12-21)34(31,32)28(25(29)19-7-3-1-4-8-19)22-13-15-23(16-14-22)33-26(30)20-9-5-2-6-10-20/h11-20H,1-10H2. The molecule has 0 heterocycles. The molecule has 2 aliphatic rings. The Bertz CT molecular complexity index is 1100. The molecule has 0 radical (unpaired) electrons.